The van der Waals surface area contributed by atoms with Gasteiger partial charge >= 0.3 is 5.97 Å². The number of hydrogen-bond donors (Lipinski definition) is 1. The van der Waals surface area contributed by atoms with Crippen molar-refractivity contribution in [2.45, 2.75) is 0 Å². The number of carboxylic acids is 1. The van der Waals surface area contributed by atoms with Crippen LogP contribution in [0.25, 0.3) is 6.08 Å². The quantitative estimate of drug-likeness (QED) is 0.777. The van der Waals surface area contributed by atoms with Crippen LogP contribution in [-0.2, 0) is 4.79 Å². The topological polar surface area (TPSA) is 63.1 Å². The second kappa shape index (κ2) is 3.96. The van der Waals surface area contributed by atoms with E-state index in [1.807, 2.05) is 0 Å². The molecule has 0 saturated heterocycles. The SMILES string of the molecule is O=C(O)/C=C/c1ncncc1Br. The Morgan fingerprint density at radius 2 is 2.42 bits per heavy atom. The highest BCUT2D eigenvalue weighted by Crippen LogP contribution is 2.12. The van der Waals surface area contributed by atoms with Gasteiger partial charge < -0.3 is 5.11 Å². The van der Waals surface area contributed by atoms with Gasteiger partial charge in [0.1, 0.15) is 6.33 Å². The average Bonchev–Trinajstić information content (AvgIpc) is 2.03. The Kier molecular flexibility index (Phi) is 2.93. The zero-order valence-corrected chi connectivity index (χ0v) is 7.52. The molecule has 0 bridgehead atoms. The van der Waals surface area contributed by atoms with E-state index in [0.29, 0.717) is 10.2 Å². The number of hydrogen-bond acceptors (Lipinski definition) is 3. The number of halogens is 1. The lowest BCUT2D eigenvalue weighted by Crippen LogP contribution is -1.88. The highest BCUT2D eigenvalue weighted by Gasteiger charge is 1.95. The lowest BCUT2D eigenvalue weighted by atomic mass is 10.3. The van der Waals surface area contributed by atoms with E-state index in [1.54, 1.807) is 6.20 Å². The van der Waals surface area contributed by atoms with Crippen molar-refractivity contribution in [3.05, 3.63) is 28.8 Å². The van der Waals surface area contributed by atoms with Gasteiger partial charge in [0.15, 0.2) is 0 Å². The molecule has 12 heavy (non-hydrogen) atoms. The molecule has 0 atom stereocenters. The highest BCUT2D eigenvalue weighted by molar-refractivity contribution is 9.10. The molecule has 1 aromatic rings. The summed E-state index contributed by atoms with van der Waals surface area (Å²) in [5.74, 6) is -1.000. The predicted molar refractivity (Wildman–Crippen MR) is 46.4 cm³/mol. The molecule has 4 nitrogen and oxygen atoms in total. The van der Waals surface area contributed by atoms with Crippen LogP contribution in [0.1, 0.15) is 5.69 Å². The van der Waals surface area contributed by atoms with Crippen LogP contribution < -0.4 is 0 Å². The summed E-state index contributed by atoms with van der Waals surface area (Å²) < 4.78 is 0.669. The van der Waals surface area contributed by atoms with E-state index in [4.69, 9.17) is 5.11 Å². The largest absolute Gasteiger partial charge is 0.478 e. The monoisotopic (exact) mass is 228 g/mol. The van der Waals surface area contributed by atoms with E-state index in [0.717, 1.165) is 6.08 Å². The third-order valence-corrected chi connectivity index (χ3v) is 1.69. The Hall–Kier alpha value is -1.23. The smallest absolute Gasteiger partial charge is 0.328 e. The Balaban J connectivity index is 2.89. The van der Waals surface area contributed by atoms with Gasteiger partial charge in [-0.1, -0.05) is 0 Å². The molecule has 1 rings (SSSR count). The molecule has 0 aliphatic heterocycles. The summed E-state index contributed by atoms with van der Waals surface area (Å²) in [6.07, 6.45) is 5.32. The molecular formula is C7H5BrN2O2. The van der Waals surface area contributed by atoms with Crippen molar-refractivity contribution in [3.63, 3.8) is 0 Å². The summed E-state index contributed by atoms with van der Waals surface area (Å²) in [5, 5.41) is 8.32. The molecule has 1 N–H and O–H groups in total. The minimum Gasteiger partial charge on any atom is -0.478 e. The number of aromatic nitrogens is 2. The summed E-state index contributed by atoms with van der Waals surface area (Å²) in [7, 11) is 0. The molecule has 1 heterocycles. The molecule has 62 valence electrons. The van der Waals surface area contributed by atoms with Crippen molar-refractivity contribution < 1.29 is 9.90 Å². The predicted octanol–water partition coefficient (Wildman–Crippen LogP) is 1.34. The molecule has 0 aliphatic carbocycles. The summed E-state index contributed by atoms with van der Waals surface area (Å²) in [5.41, 5.74) is 0.549. The van der Waals surface area contributed by atoms with Crippen molar-refractivity contribution in [1.29, 1.82) is 0 Å². The van der Waals surface area contributed by atoms with Crippen LogP contribution in [-0.4, -0.2) is 21.0 Å². The van der Waals surface area contributed by atoms with Crippen molar-refractivity contribution in [3.8, 4) is 0 Å². The molecule has 0 aliphatic rings. The fourth-order valence-electron chi connectivity index (χ4n) is 0.595. The Morgan fingerprint density at radius 1 is 1.67 bits per heavy atom. The van der Waals surface area contributed by atoms with Crippen LogP contribution in [0, 0.1) is 0 Å². The van der Waals surface area contributed by atoms with Gasteiger partial charge in [-0.15, -0.1) is 0 Å². The molecule has 0 saturated carbocycles. The summed E-state index contributed by atoms with van der Waals surface area (Å²) >= 11 is 3.18. The van der Waals surface area contributed by atoms with Crippen molar-refractivity contribution in [2.24, 2.45) is 0 Å². The van der Waals surface area contributed by atoms with Crippen molar-refractivity contribution in [2.75, 3.05) is 0 Å². The lowest BCUT2D eigenvalue weighted by molar-refractivity contribution is -0.131. The highest BCUT2D eigenvalue weighted by atomic mass is 79.9. The second-order valence-corrected chi connectivity index (χ2v) is 2.78. The fourth-order valence-corrected chi connectivity index (χ4v) is 0.948. The molecular weight excluding hydrogens is 224 g/mol. The normalized spacial score (nSPS) is 10.4. The van der Waals surface area contributed by atoms with Crippen LogP contribution in [0.15, 0.2) is 23.1 Å². The van der Waals surface area contributed by atoms with E-state index >= 15 is 0 Å². The molecule has 0 spiro atoms. The van der Waals surface area contributed by atoms with E-state index in [1.165, 1.54) is 12.4 Å². The van der Waals surface area contributed by atoms with Crippen LogP contribution in [0.4, 0.5) is 0 Å². The Bertz CT molecular complexity index is 325. The maximum Gasteiger partial charge on any atom is 0.328 e. The molecule has 0 unspecified atom stereocenters. The van der Waals surface area contributed by atoms with E-state index in [9.17, 15) is 4.79 Å². The molecule has 0 amide bonds. The van der Waals surface area contributed by atoms with Gasteiger partial charge in [0.05, 0.1) is 10.2 Å². The Labute approximate surface area is 77.1 Å². The zero-order chi connectivity index (χ0) is 8.97. The first-order chi connectivity index (χ1) is 5.70. The third-order valence-electron chi connectivity index (χ3n) is 1.08. The number of rotatable bonds is 2. The van der Waals surface area contributed by atoms with Gasteiger partial charge in [0.2, 0.25) is 0 Å². The Morgan fingerprint density at radius 3 is 3.00 bits per heavy atom. The fraction of sp³-hybridized carbons (Fsp3) is 0. The number of nitrogens with zero attached hydrogens (tertiary/aromatic N) is 2. The zero-order valence-electron chi connectivity index (χ0n) is 5.94. The third kappa shape index (κ3) is 2.43. The van der Waals surface area contributed by atoms with E-state index < -0.39 is 5.97 Å². The number of aliphatic carboxylic acids is 1. The van der Waals surface area contributed by atoms with Gasteiger partial charge in [-0.3, -0.25) is 0 Å². The molecule has 0 radical (unpaired) electrons. The summed E-state index contributed by atoms with van der Waals surface area (Å²) in [6, 6.07) is 0. The maximum atomic E-state index is 10.1. The van der Waals surface area contributed by atoms with Crippen molar-refractivity contribution in [1.82, 2.24) is 9.97 Å². The standard InChI is InChI=1S/C7H5BrN2O2/c8-5-3-9-4-10-6(5)1-2-7(11)12/h1-4H,(H,11,12)/b2-1+. The van der Waals surface area contributed by atoms with Crippen LogP contribution in [0.5, 0.6) is 0 Å². The maximum absolute atomic E-state index is 10.1. The molecule has 1 aromatic heterocycles. The van der Waals surface area contributed by atoms with Crippen molar-refractivity contribution >= 4 is 28.0 Å². The van der Waals surface area contributed by atoms with Crippen LogP contribution in [0.2, 0.25) is 0 Å². The van der Waals surface area contributed by atoms with Crippen LogP contribution in [0.3, 0.4) is 0 Å². The number of carboxylic acid groups (broad SMARTS) is 1. The lowest BCUT2D eigenvalue weighted by Gasteiger charge is -1.92. The first kappa shape index (κ1) is 8.86. The first-order valence-electron chi connectivity index (χ1n) is 3.06. The minimum absolute atomic E-state index is 0.549. The molecule has 0 fully saturated rings. The van der Waals surface area contributed by atoms with Gasteiger partial charge in [-0.25, -0.2) is 14.8 Å². The van der Waals surface area contributed by atoms with E-state index in [-0.39, 0.29) is 0 Å². The molecule has 0 aromatic carbocycles. The van der Waals surface area contributed by atoms with Gasteiger partial charge in [0.25, 0.3) is 0 Å². The van der Waals surface area contributed by atoms with Gasteiger partial charge in [0, 0.05) is 12.3 Å². The summed E-state index contributed by atoms with van der Waals surface area (Å²) in [4.78, 5) is 17.7. The first-order valence-corrected chi connectivity index (χ1v) is 3.86. The molecule has 5 heteroatoms. The number of carbonyl (C=O) groups is 1. The van der Waals surface area contributed by atoms with Gasteiger partial charge in [-0.2, -0.15) is 0 Å². The van der Waals surface area contributed by atoms with E-state index in [2.05, 4.69) is 25.9 Å². The average molecular weight is 229 g/mol. The minimum atomic E-state index is -1.000. The summed E-state index contributed by atoms with van der Waals surface area (Å²) in [6.45, 7) is 0. The second-order valence-electron chi connectivity index (χ2n) is 1.93. The van der Waals surface area contributed by atoms with Gasteiger partial charge in [-0.05, 0) is 22.0 Å². The van der Waals surface area contributed by atoms with Crippen LogP contribution >= 0.6 is 15.9 Å².